The minimum Gasteiger partial charge on any atom is -0.460 e. The van der Waals surface area contributed by atoms with Crippen LogP contribution in [0.5, 0.6) is 0 Å². The van der Waals surface area contributed by atoms with E-state index in [-0.39, 0.29) is 17.2 Å². The zero-order valence-electron chi connectivity index (χ0n) is 28.2. The largest absolute Gasteiger partial charge is 0.460 e. The van der Waals surface area contributed by atoms with E-state index in [1.807, 2.05) is 76.2 Å². The van der Waals surface area contributed by atoms with Crippen LogP contribution in [0, 0.1) is 5.41 Å². The molecular formula is C36H54N4O4. The van der Waals surface area contributed by atoms with Crippen LogP contribution < -0.4 is 10.6 Å². The van der Waals surface area contributed by atoms with Crippen molar-refractivity contribution in [3.8, 4) is 0 Å². The molecule has 2 aromatic carbocycles. The van der Waals surface area contributed by atoms with E-state index in [4.69, 9.17) is 10.5 Å². The number of likely N-dealkylation sites (N-methyl/N-ethyl adjacent to an activating group) is 1. The Kier molecular flexibility index (Phi) is 11.8. The van der Waals surface area contributed by atoms with E-state index >= 15 is 0 Å². The van der Waals surface area contributed by atoms with Crippen LogP contribution in [-0.4, -0.2) is 85.4 Å². The Morgan fingerprint density at radius 3 is 1.91 bits per heavy atom. The van der Waals surface area contributed by atoms with Crippen molar-refractivity contribution >= 4 is 23.3 Å². The number of nitrogens with zero attached hydrogens (tertiary/aromatic N) is 3. The molecule has 0 radical (unpaired) electrons. The van der Waals surface area contributed by atoms with Crippen molar-refractivity contribution in [1.82, 2.24) is 9.80 Å². The van der Waals surface area contributed by atoms with Crippen LogP contribution in [0.1, 0.15) is 93.5 Å². The molecule has 0 spiro atoms. The number of primary amides is 1. The predicted molar refractivity (Wildman–Crippen MR) is 178 cm³/mol. The number of hydrogen-bond donors (Lipinski definition) is 1. The second kappa shape index (κ2) is 14.7. The average molecular weight is 607 g/mol. The summed E-state index contributed by atoms with van der Waals surface area (Å²) in [5.41, 5.74) is 7.56. The molecule has 44 heavy (non-hydrogen) atoms. The van der Waals surface area contributed by atoms with Gasteiger partial charge in [-0.1, -0.05) is 46.2 Å². The second-order valence-corrected chi connectivity index (χ2v) is 13.9. The molecule has 1 heterocycles. The highest BCUT2D eigenvalue weighted by Gasteiger charge is 2.39. The first kappa shape index (κ1) is 35.3. The number of carbonyl (C=O) groups is 3. The summed E-state index contributed by atoms with van der Waals surface area (Å²) in [5.74, 6) is -0.517. The highest BCUT2D eigenvalue weighted by atomic mass is 16.6. The van der Waals surface area contributed by atoms with Crippen LogP contribution in [0.15, 0.2) is 48.5 Å². The highest BCUT2D eigenvalue weighted by Crippen LogP contribution is 2.33. The topological polar surface area (TPSA) is 96.2 Å². The minimum atomic E-state index is -0.718. The van der Waals surface area contributed by atoms with Gasteiger partial charge in [0.25, 0.3) is 0 Å². The van der Waals surface area contributed by atoms with Gasteiger partial charge in [0, 0.05) is 49.5 Å². The summed E-state index contributed by atoms with van der Waals surface area (Å²) >= 11 is 0. The van der Waals surface area contributed by atoms with Gasteiger partial charge in [-0.2, -0.15) is 0 Å². The fourth-order valence-corrected chi connectivity index (χ4v) is 6.41. The number of ether oxygens (including phenoxy) is 1. The van der Waals surface area contributed by atoms with E-state index in [1.54, 1.807) is 12.1 Å². The lowest BCUT2D eigenvalue weighted by molar-refractivity contribution is -0.159. The van der Waals surface area contributed by atoms with E-state index < -0.39 is 17.0 Å². The van der Waals surface area contributed by atoms with Gasteiger partial charge in [0.05, 0.1) is 12.0 Å². The number of benzene rings is 2. The summed E-state index contributed by atoms with van der Waals surface area (Å²) < 4.78 is 5.86. The summed E-state index contributed by atoms with van der Waals surface area (Å²) in [6.07, 6.45) is 3.45. The standard InChI is InChI=1S/C36H54N4O4/c1-9-34(3,4)26-35(5,6)44-31(41)19-20-39-21-23-40(24-22-39)30-17-15-28(16-18-30)32(42)36(10-2,38(7)8)25-27-11-13-29(14-12-27)33(37)43/h11-18H,9-10,19-26H2,1-8H3,(H2,37,43). The lowest BCUT2D eigenvalue weighted by Gasteiger charge is -2.38. The molecule has 1 aliphatic rings. The monoisotopic (exact) mass is 606 g/mol. The Bertz CT molecular complexity index is 1260. The average Bonchev–Trinajstić information content (AvgIpc) is 2.98. The van der Waals surface area contributed by atoms with Gasteiger partial charge >= 0.3 is 5.97 Å². The van der Waals surface area contributed by atoms with Crippen LogP contribution in [0.2, 0.25) is 0 Å². The van der Waals surface area contributed by atoms with Gasteiger partial charge in [0.15, 0.2) is 5.78 Å². The second-order valence-electron chi connectivity index (χ2n) is 13.9. The first-order chi connectivity index (χ1) is 20.6. The van der Waals surface area contributed by atoms with Crippen LogP contribution >= 0.6 is 0 Å². The van der Waals surface area contributed by atoms with E-state index in [9.17, 15) is 14.4 Å². The number of amides is 1. The Balaban J connectivity index is 1.57. The van der Waals surface area contributed by atoms with Gasteiger partial charge in [-0.05, 0) is 94.6 Å². The van der Waals surface area contributed by atoms with Crippen LogP contribution in [0.25, 0.3) is 0 Å². The van der Waals surface area contributed by atoms with Crippen molar-refractivity contribution in [3.63, 3.8) is 0 Å². The third-order valence-corrected chi connectivity index (χ3v) is 9.35. The molecule has 8 heteroatoms. The number of esters is 1. The number of piperazine rings is 1. The summed E-state index contributed by atoms with van der Waals surface area (Å²) in [6, 6.07) is 15.1. The maximum atomic E-state index is 14.0. The number of hydrogen-bond acceptors (Lipinski definition) is 7. The van der Waals surface area contributed by atoms with Gasteiger partial charge in [-0.25, -0.2) is 0 Å². The number of carbonyl (C=O) groups excluding carboxylic acids is 3. The molecule has 0 saturated carbocycles. The molecule has 3 rings (SSSR count). The molecule has 0 bridgehead atoms. The van der Waals surface area contributed by atoms with Crippen molar-refractivity contribution in [3.05, 3.63) is 65.2 Å². The number of anilines is 1. The predicted octanol–water partition coefficient (Wildman–Crippen LogP) is 5.58. The molecule has 1 aliphatic heterocycles. The number of ketones is 1. The molecule has 0 aliphatic carbocycles. The highest BCUT2D eigenvalue weighted by molar-refractivity contribution is 6.03. The molecule has 242 valence electrons. The molecule has 0 aromatic heterocycles. The number of nitrogens with two attached hydrogens (primary N) is 1. The Labute approximate surface area is 264 Å². The molecule has 8 nitrogen and oxygen atoms in total. The van der Waals surface area contributed by atoms with Crippen LogP contribution in [-0.2, 0) is 16.0 Å². The lowest BCUT2D eigenvalue weighted by Crippen LogP contribution is -2.52. The first-order valence-corrected chi connectivity index (χ1v) is 16.0. The fraction of sp³-hybridized carbons (Fsp3) is 0.583. The smallest absolute Gasteiger partial charge is 0.307 e. The van der Waals surface area contributed by atoms with Crippen molar-refractivity contribution < 1.29 is 19.1 Å². The van der Waals surface area contributed by atoms with E-state index in [0.717, 1.165) is 50.3 Å². The number of rotatable bonds is 15. The molecule has 1 atom stereocenters. The molecule has 2 N–H and O–H groups in total. The van der Waals surface area contributed by atoms with Crippen molar-refractivity contribution in [2.24, 2.45) is 11.1 Å². The quantitative estimate of drug-likeness (QED) is 0.209. The van der Waals surface area contributed by atoms with E-state index in [2.05, 4.69) is 30.6 Å². The van der Waals surface area contributed by atoms with Crippen LogP contribution in [0.4, 0.5) is 5.69 Å². The van der Waals surface area contributed by atoms with Crippen molar-refractivity contribution in [2.75, 3.05) is 51.7 Å². The lowest BCUT2D eigenvalue weighted by atomic mass is 9.80. The number of Topliss-reactive ketones (excluding diaryl/α,β-unsaturated/α-hetero) is 1. The van der Waals surface area contributed by atoms with Gasteiger partial charge < -0.3 is 15.4 Å². The van der Waals surface area contributed by atoms with E-state index in [0.29, 0.717) is 36.9 Å². The van der Waals surface area contributed by atoms with Crippen molar-refractivity contribution in [1.29, 1.82) is 0 Å². The zero-order valence-corrected chi connectivity index (χ0v) is 28.2. The Morgan fingerprint density at radius 1 is 0.841 bits per heavy atom. The Hall–Kier alpha value is -3.23. The fourth-order valence-electron chi connectivity index (χ4n) is 6.41. The SMILES string of the molecule is CCC(C)(C)CC(C)(C)OC(=O)CCN1CCN(c2ccc(C(=O)C(CC)(Cc3ccc(C(N)=O)cc3)N(C)C)cc2)CC1. The van der Waals surface area contributed by atoms with Gasteiger partial charge in [0.1, 0.15) is 5.60 Å². The minimum absolute atomic E-state index is 0.0775. The summed E-state index contributed by atoms with van der Waals surface area (Å²) in [6.45, 7) is 16.8. The molecule has 1 amide bonds. The summed E-state index contributed by atoms with van der Waals surface area (Å²) in [7, 11) is 3.89. The third kappa shape index (κ3) is 9.14. The van der Waals surface area contributed by atoms with Crippen molar-refractivity contribution in [2.45, 2.75) is 84.8 Å². The zero-order chi connectivity index (χ0) is 32.7. The van der Waals surface area contributed by atoms with Crippen LogP contribution in [0.3, 0.4) is 0 Å². The Morgan fingerprint density at radius 2 is 1.41 bits per heavy atom. The maximum absolute atomic E-state index is 14.0. The summed E-state index contributed by atoms with van der Waals surface area (Å²) in [5, 5.41) is 0. The first-order valence-electron chi connectivity index (χ1n) is 16.0. The molecule has 2 aromatic rings. The maximum Gasteiger partial charge on any atom is 0.307 e. The molecule has 1 fully saturated rings. The molecule has 1 saturated heterocycles. The van der Waals surface area contributed by atoms with Gasteiger partial charge in [0.2, 0.25) is 5.91 Å². The van der Waals surface area contributed by atoms with Gasteiger partial charge in [-0.15, -0.1) is 0 Å². The molecular weight excluding hydrogens is 552 g/mol. The molecule has 1 unspecified atom stereocenters. The third-order valence-electron chi connectivity index (χ3n) is 9.35. The van der Waals surface area contributed by atoms with E-state index in [1.165, 1.54) is 0 Å². The summed E-state index contributed by atoms with van der Waals surface area (Å²) in [4.78, 5) is 44.7. The normalized spacial score (nSPS) is 16.1. The van der Waals surface area contributed by atoms with Gasteiger partial charge in [-0.3, -0.25) is 24.2 Å².